The van der Waals surface area contributed by atoms with Gasteiger partial charge in [0.05, 0.1) is 12.4 Å². The summed E-state index contributed by atoms with van der Waals surface area (Å²) in [5.41, 5.74) is -0.231. The van der Waals surface area contributed by atoms with Gasteiger partial charge in [-0.3, -0.25) is 4.79 Å². The lowest BCUT2D eigenvalue weighted by Gasteiger charge is -2.36. The molecule has 1 aliphatic rings. The van der Waals surface area contributed by atoms with Crippen molar-refractivity contribution in [3.63, 3.8) is 0 Å². The first-order chi connectivity index (χ1) is 9.39. The molecule has 6 heteroatoms. The Hall–Kier alpha value is -1.98. The second kappa shape index (κ2) is 5.56. The number of carboxylic acid groups (broad SMARTS) is 1. The smallest absolute Gasteiger partial charge is 0.356 e. The number of hydrogen-bond acceptors (Lipinski definition) is 4. The van der Waals surface area contributed by atoms with Gasteiger partial charge in [0.15, 0.2) is 5.69 Å². The van der Waals surface area contributed by atoms with Crippen molar-refractivity contribution in [2.75, 3.05) is 0 Å². The van der Waals surface area contributed by atoms with Gasteiger partial charge >= 0.3 is 5.97 Å². The number of nitrogens with zero attached hydrogens (tertiary/aromatic N) is 2. The highest BCUT2D eigenvalue weighted by molar-refractivity contribution is 5.93. The SMILES string of the molecule is CC1CCC(C)(NC(=O)c2cnc(C(=O)O)cn2)CC1. The van der Waals surface area contributed by atoms with Crippen LogP contribution in [0.5, 0.6) is 0 Å². The summed E-state index contributed by atoms with van der Waals surface area (Å²) in [4.78, 5) is 30.4. The zero-order chi connectivity index (χ0) is 14.8. The normalized spacial score (nSPS) is 26.0. The zero-order valence-corrected chi connectivity index (χ0v) is 11.7. The Labute approximate surface area is 117 Å². The van der Waals surface area contributed by atoms with Crippen molar-refractivity contribution in [2.24, 2.45) is 5.92 Å². The van der Waals surface area contributed by atoms with Crippen LogP contribution in [-0.4, -0.2) is 32.5 Å². The fraction of sp³-hybridized carbons (Fsp3) is 0.571. The highest BCUT2D eigenvalue weighted by Crippen LogP contribution is 2.31. The first-order valence-electron chi connectivity index (χ1n) is 6.77. The molecule has 1 aromatic rings. The van der Waals surface area contributed by atoms with Crippen LogP contribution in [0.2, 0.25) is 0 Å². The van der Waals surface area contributed by atoms with Crippen LogP contribution in [0.4, 0.5) is 0 Å². The Morgan fingerprint density at radius 2 is 1.80 bits per heavy atom. The summed E-state index contributed by atoms with van der Waals surface area (Å²) in [5.74, 6) is -0.751. The predicted molar refractivity (Wildman–Crippen MR) is 72.5 cm³/mol. The molecule has 0 bridgehead atoms. The third-order valence-corrected chi connectivity index (χ3v) is 3.90. The number of nitrogens with one attached hydrogen (secondary N) is 1. The number of hydrogen-bond donors (Lipinski definition) is 2. The van der Waals surface area contributed by atoms with Gasteiger partial charge in [0.2, 0.25) is 0 Å². The number of carbonyl (C=O) groups is 2. The molecule has 1 amide bonds. The molecular formula is C14H19N3O3. The fourth-order valence-electron chi connectivity index (χ4n) is 2.42. The molecule has 1 fully saturated rings. The van der Waals surface area contributed by atoms with Crippen LogP contribution in [0.1, 0.15) is 60.5 Å². The van der Waals surface area contributed by atoms with Gasteiger partial charge in [0, 0.05) is 5.54 Å². The maximum atomic E-state index is 12.1. The molecule has 0 aliphatic heterocycles. The number of aromatic nitrogens is 2. The minimum absolute atomic E-state index is 0.148. The molecule has 2 N–H and O–H groups in total. The lowest BCUT2D eigenvalue weighted by atomic mass is 9.78. The molecule has 6 nitrogen and oxygen atoms in total. The third-order valence-electron chi connectivity index (χ3n) is 3.90. The Balaban J connectivity index is 2.02. The molecule has 0 spiro atoms. The van der Waals surface area contributed by atoms with Crippen LogP contribution in [0.15, 0.2) is 12.4 Å². The van der Waals surface area contributed by atoms with Crippen LogP contribution in [0.25, 0.3) is 0 Å². The number of rotatable bonds is 3. The van der Waals surface area contributed by atoms with Gasteiger partial charge in [-0.05, 0) is 38.5 Å². The third kappa shape index (κ3) is 3.31. The fourth-order valence-corrected chi connectivity index (χ4v) is 2.42. The maximum absolute atomic E-state index is 12.1. The number of carbonyl (C=O) groups excluding carboxylic acids is 1. The molecule has 1 aromatic heterocycles. The monoisotopic (exact) mass is 277 g/mol. The Bertz CT molecular complexity index is 505. The lowest BCUT2D eigenvalue weighted by molar-refractivity contribution is 0.0688. The van der Waals surface area contributed by atoms with Crippen molar-refractivity contribution in [1.29, 1.82) is 0 Å². The van der Waals surface area contributed by atoms with E-state index in [0.29, 0.717) is 5.92 Å². The van der Waals surface area contributed by atoms with E-state index in [4.69, 9.17) is 5.11 Å². The van der Waals surface area contributed by atoms with E-state index in [2.05, 4.69) is 22.2 Å². The minimum atomic E-state index is -1.15. The van der Waals surface area contributed by atoms with Gasteiger partial charge in [-0.15, -0.1) is 0 Å². The Kier molecular flexibility index (Phi) is 4.01. The first-order valence-corrected chi connectivity index (χ1v) is 6.77. The second-order valence-corrected chi connectivity index (χ2v) is 5.79. The average molecular weight is 277 g/mol. The van der Waals surface area contributed by atoms with Crippen molar-refractivity contribution in [3.05, 3.63) is 23.8 Å². The number of carboxylic acids is 1. The van der Waals surface area contributed by atoms with Gasteiger partial charge in [0.25, 0.3) is 5.91 Å². The van der Waals surface area contributed by atoms with Crippen LogP contribution >= 0.6 is 0 Å². The largest absolute Gasteiger partial charge is 0.476 e. The molecule has 1 saturated carbocycles. The summed E-state index contributed by atoms with van der Waals surface area (Å²) in [7, 11) is 0. The van der Waals surface area contributed by atoms with Crippen molar-refractivity contribution in [3.8, 4) is 0 Å². The van der Waals surface area contributed by atoms with E-state index in [-0.39, 0.29) is 22.8 Å². The van der Waals surface area contributed by atoms with Crippen molar-refractivity contribution < 1.29 is 14.7 Å². The molecule has 0 unspecified atom stereocenters. The minimum Gasteiger partial charge on any atom is -0.476 e. The molecule has 0 saturated heterocycles. The van der Waals surface area contributed by atoms with E-state index in [1.807, 2.05) is 6.92 Å². The molecule has 0 aromatic carbocycles. The summed E-state index contributed by atoms with van der Waals surface area (Å²) in [6, 6.07) is 0. The summed E-state index contributed by atoms with van der Waals surface area (Å²) in [6.45, 7) is 4.26. The molecule has 2 rings (SSSR count). The van der Waals surface area contributed by atoms with E-state index in [0.717, 1.165) is 31.9 Å². The van der Waals surface area contributed by atoms with E-state index >= 15 is 0 Å². The van der Waals surface area contributed by atoms with Gasteiger partial charge < -0.3 is 10.4 Å². The highest BCUT2D eigenvalue weighted by atomic mass is 16.4. The molecule has 0 atom stereocenters. The Morgan fingerprint density at radius 1 is 1.25 bits per heavy atom. The van der Waals surface area contributed by atoms with Crippen molar-refractivity contribution >= 4 is 11.9 Å². The van der Waals surface area contributed by atoms with Crippen LogP contribution in [-0.2, 0) is 0 Å². The highest BCUT2D eigenvalue weighted by Gasteiger charge is 2.31. The Morgan fingerprint density at radius 3 is 2.30 bits per heavy atom. The van der Waals surface area contributed by atoms with E-state index < -0.39 is 5.97 Å². The lowest BCUT2D eigenvalue weighted by Crippen LogP contribution is -2.48. The summed E-state index contributed by atoms with van der Waals surface area (Å²) in [5, 5.41) is 11.7. The molecular weight excluding hydrogens is 258 g/mol. The van der Waals surface area contributed by atoms with Crippen molar-refractivity contribution in [2.45, 2.75) is 45.1 Å². The van der Waals surface area contributed by atoms with Crippen LogP contribution < -0.4 is 5.32 Å². The standard InChI is InChI=1S/C14H19N3O3/c1-9-3-5-14(2,6-4-9)17-12(18)10-7-16-11(8-15-10)13(19)20/h7-9H,3-6H2,1-2H3,(H,17,18)(H,19,20). The van der Waals surface area contributed by atoms with Gasteiger partial charge in [0.1, 0.15) is 5.69 Å². The summed E-state index contributed by atoms with van der Waals surface area (Å²) in [6.07, 6.45) is 6.39. The van der Waals surface area contributed by atoms with E-state index in [1.165, 1.54) is 6.20 Å². The average Bonchev–Trinajstić information content (AvgIpc) is 2.42. The first kappa shape index (κ1) is 14.4. The van der Waals surface area contributed by atoms with Crippen LogP contribution in [0.3, 0.4) is 0 Å². The molecule has 108 valence electrons. The van der Waals surface area contributed by atoms with Gasteiger partial charge in [-0.1, -0.05) is 6.92 Å². The predicted octanol–water partition coefficient (Wildman–Crippen LogP) is 1.87. The van der Waals surface area contributed by atoms with E-state index in [9.17, 15) is 9.59 Å². The van der Waals surface area contributed by atoms with Gasteiger partial charge in [-0.25, -0.2) is 14.8 Å². The summed E-state index contributed by atoms with van der Waals surface area (Å²) < 4.78 is 0. The number of amides is 1. The molecule has 1 heterocycles. The quantitative estimate of drug-likeness (QED) is 0.880. The molecule has 20 heavy (non-hydrogen) atoms. The molecule has 0 radical (unpaired) electrons. The van der Waals surface area contributed by atoms with Gasteiger partial charge in [-0.2, -0.15) is 0 Å². The van der Waals surface area contributed by atoms with E-state index in [1.54, 1.807) is 0 Å². The van der Waals surface area contributed by atoms with Crippen LogP contribution in [0, 0.1) is 5.92 Å². The second-order valence-electron chi connectivity index (χ2n) is 5.79. The topological polar surface area (TPSA) is 92.2 Å². The molecule has 1 aliphatic carbocycles. The zero-order valence-electron chi connectivity index (χ0n) is 11.7. The maximum Gasteiger partial charge on any atom is 0.356 e. The van der Waals surface area contributed by atoms with Crippen molar-refractivity contribution in [1.82, 2.24) is 15.3 Å². The summed E-state index contributed by atoms with van der Waals surface area (Å²) >= 11 is 0. The number of aromatic carboxylic acids is 1.